The Morgan fingerprint density at radius 1 is 1.28 bits per heavy atom. The van der Waals surface area contributed by atoms with Gasteiger partial charge in [-0.05, 0) is 33.0 Å². The summed E-state index contributed by atoms with van der Waals surface area (Å²) < 4.78 is 5.79. The van der Waals surface area contributed by atoms with Gasteiger partial charge in [0.15, 0.2) is 0 Å². The number of amides is 1. The van der Waals surface area contributed by atoms with Gasteiger partial charge in [-0.2, -0.15) is 0 Å². The molecule has 0 spiro atoms. The number of fused-ring (bicyclic) bond motifs is 1. The molecule has 1 amide bonds. The lowest BCUT2D eigenvalue weighted by molar-refractivity contribution is -0.127. The molecule has 2 unspecified atom stereocenters. The maximum absolute atomic E-state index is 12.5. The van der Waals surface area contributed by atoms with Gasteiger partial charge in [-0.3, -0.25) is 9.69 Å². The quantitative estimate of drug-likeness (QED) is 0.679. The van der Waals surface area contributed by atoms with Gasteiger partial charge in [0.05, 0.1) is 25.3 Å². The van der Waals surface area contributed by atoms with Crippen molar-refractivity contribution in [3.63, 3.8) is 0 Å². The van der Waals surface area contributed by atoms with Gasteiger partial charge in [-0.1, -0.05) is 25.1 Å². The Labute approximate surface area is 148 Å². The summed E-state index contributed by atoms with van der Waals surface area (Å²) in [5, 5.41) is 22.8. The molecule has 2 atom stereocenters. The highest BCUT2D eigenvalue weighted by Gasteiger charge is 2.29. The molecule has 0 aliphatic rings. The van der Waals surface area contributed by atoms with E-state index in [1.165, 1.54) is 0 Å². The lowest BCUT2D eigenvalue weighted by Crippen LogP contribution is -2.49. The first-order valence-electron chi connectivity index (χ1n) is 8.50. The predicted octanol–water partition coefficient (Wildman–Crippen LogP) is 1.92. The second kappa shape index (κ2) is 7.99. The van der Waals surface area contributed by atoms with Crippen molar-refractivity contribution in [2.24, 2.45) is 5.41 Å². The summed E-state index contributed by atoms with van der Waals surface area (Å²) in [5.41, 5.74) is 0.151. The first-order chi connectivity index (χ1) is 11.8. The molecular weight excluding hydrogens is 320 g/mol. The van der Waals surface area contributed by atoms with Crippen LogP contribution in [0.5, 0.6) is 0 Å². The molecule has 0 aliphatic heterocycles. The second-order valence-corrected chi connectivity index (χ2v) is 7.13. The third kappa shape index (κ3) is 4.60. The standard InChI is InChI=1S/C19H28N2O4/c1-13(17-9-15-7-5-6-8-16(15)25-17)20-18(24)14(2)21(4)10-19(3,11-22)12-23/h5-9,13-14,22-23H,10-12H2,1-4H3,(H,20,24). The van der Waals surface area contributed by atoms with Crippen molar-refractivity contribution in [3.8, 4) is 0 Å². The van der Waals surface area contributed by atoms with E-state index in [2.05, 4.69) is 5.32 Å². The summed E-state index contributed by atoms with van der Waals surface area (Å²) in [7, 11) is 1.81. The molecule has 1 aromatic carbocycles. The highest BCUT2D eigenvalue weighted by atomic mass is 16.3. The van der Waals surface area contributed by atoms with Crippen molar-refractivity contribution in [1.29, 1.82) is 0 Å². The van der Waals surface area contributed by atoms with E-state index in [0.29, 0.717) is 12.3 Å². The van der Waals surface area contributed by atoms with Gasteiger partial charge in [-0.15, -0.1) is 0 Å². The number of carbonyl (C=O) groups is 1. The molecule has 6 nitrogen and oxygen atoms in total. The van der Waals surface area contributed by atoms with E-state index >= 15 is 0 Å². The van der Waals surface area contributed by atoms with E-state index in [1.54, 1.807) is 20.9 Å². The lowest BCUT2D eigenvalue weighted by Gasteiger charge is -2.33. The van der Waals surface area contributed by atoms with Crippen LogP contribution in [0.3, 0.4) is 0 Å². The van der Waals surface area contributed by atoms with Crippen LogP contribution in [0.25, 0.3) is 11.0 Å². The minimum absolute atomic E-state index is 0.131. The molecule has 0 fully saturated rings. The highest BCUT2D eigenvalue weighted by Crippen LogP contribution is 2.24. The van der Waals surface area contributed by atoms with Crippen molar-refractivity contribution in [2.45, 2.75) is 32.9 Å². The largest absolute Gasteiger partial charge is 0.459 e. The van der Waals surface area contributed by atoms with Gasteiger partial charge >= 0.3 is 0 Å². The lowest BCUT2D eigenvalue weighted by atomic mass is 9.92. The average molecular weight is 348 g/mol. The van der Waals surface area contributed by atoms with Crippen LogP contribution < -0.4 is 5.32 Å². The van der Waals surface area contributed by atoms with E-state index in [4.69, 9.17) is 4.42 Å². The first kappa shape index (κ1) is 19.4. The molecule has 1 aromatic heterocycles. The summed E-state index contributed by atoms with van der Waals surface area (Å²) in [6, 6.07) is 9.01. The molecule has 0 aliphatic carbocycles. The van der Waals surface area contributed by atoms with Crippen LogP contribution in [0.1, 0.15) is 32.6 Å². The van der Waals surface area contributed by atoms with Gasteiger partial charge in [0.2, 0.25) is 5.91 Å². The van der Waals surface area contributed by atoms with Crippen LogP contribution in [-0.2, 0) is 4.79 Å². The molecule has 1 heterocycles. The number of nitrogens with one attached hydrogen (secondary N) is 1. The average Bonchev–Trinajstić information content (AvgIpc) is 3.05. The van der Waals surface area contributed by atoms with Crippen molar-refractivity contribution in [1.82, 2.24) is 10.2 Å². The van der Waals surface area contributed by atoms with Crippen molar-refractivity contribution in [2.75, 3.05) is 26.8 Å². The molecule has 2 aromatic rings. The molecule has 0 radical (unpaired) electrons. The number of rotatable bonds is 8. The number of aliphatic hydroxyl groups is 2. The van der Waals surface area contributed by atoms with Crippen LogP contribution in [0.15, 0.2) is 34.7 Å². The number of carbonyl (C=O) groups excluding carboxylic acids is 1. The Bertz CT molecular complexity index is 675. The Balaban J connectivity index is 1.99. The van der Waals surface area contributed by atoms with E-state index in [1.807, 2.05) is 42.2 Å². The van der Waals surface area contributed by atoms with E-state index in [9.17, 15) is 15.0 Å². The minimum Gasteiger partial charge on any atom is -0.459 e. The monoisotopic (exact) mass is 348 g/mol. The fourth-order valence-corrected chi connectivity index (χ4v) is 2.71. The second-order valence-electron chi connectivity index (χ2n) is 7.13. The van der Waals surface area contributed by atoms with Crippen LogP contribution in [0.4, 0.5) is 0 Å². The van der Waals surface area contributed by atoms with E-state index < -0.39 is 11.5 Å². The molecule has 138 valence electrons. The molecule has 0 saturated carbocycles. The van der Waals surface area contributed by atoms with Crippen LogP contribution in [0, 0.1) is 5.41 Å². The number of aliphatic hydroxyl groups excluding tert-OH is 2. The van der Waals surface area contributed by atoms with Gasteiger partial charge in [0, 0.05) is 17.3 Å². The fourth-order valence-electron chi connectivity index (χ4n) is 2.71. The predicted molar refractivity (Wildman–Crippen MR) is 97.1 cm³/mol. The third-order valence-corrected chi connectivity index (χ3v) is 4.67. The summed E-state index contributed by atoms with van der Waals surface area (Å²) in [4.78, 5) is 14.4. The zero-order chi connectivity index (χ0) is 18.6. The van der Waals surface area contributed by atoms with E-state index in [-0.39, 0.29) is 25.2 Å². The van der Waals surface area contributed by atoms with Gasteiger partial charge in [0.1, 0.15) is 11.3 Å². The van der Waals surface area contributed by atoms with Gasteiger partial charge < -0.3 is 19.9 Å². The Kier molecular flexibility index (Phi) is 6.21. The van der Waals surface area contributed by atoms with Crippen LogP contribution in [-0.4, -0.2) is 53.9 Å². The number of benzene rings is 1. The Morgan fingerprint density at radius 2 is 1.92 bits per heavy atom. The van der Waals surface area contributed by atoms with Crippen molar-refractivity contribution >= 4 is 16.9 Å². The minimum atomic E-state index is -0.645. The van der Waals surface area contributed by atoms with Crippen molar-refractivity contribution in [3.05, 3.63) is 36.1 Å². The highest BCUT2D eigenvalue weighted by molar-refractivity contribution is 5.82. The van der Waals surface area contributed by atoms with Crippen LogP contribution >= 0.6 is 0 Å². The normalized spacial score (nSPS) is 14.7. The maximum Gasteiger partial charge on any atom is 0.237 e. The SMILES string of the molecule is CC(NC(=O)C(C)N(C)CC(C)(CO)CO)c1cc2ccccc2o1. The topological polar surface area (TPSA) is 85.9 Å². The molecule has 0 bridgehead atoms. The number of nitrogens with zero attached hydrogens (tertiary/aromatic N) is 1. The maximum atomic E-state index is 12.5. The molecule has 25 heavy (non-hydrogen) atoms. The zero-order valence-electron chi connectivity index (χ0n) is 15.3. The number of hydrogen-bond acceptors (Lipinski definition) is 5. The number of para-hydroxylation sites is 1. The number of hydrogen-bond donors (Lipinski definition) is 3. The smallest absolute Gasteiger partial charge is 0.237 e. The van der Waals surface area contributed by atoms with Crippen molar-refractivity contribution < 1.29 is 19.4 Å². The summed E-state index contributed by atoms with van der Waals surface area (Å²) in [5.74, 6) is 0.577. The third-order valence-electron chi connectivity index (χ3n) is 4.67. The Hall–Kier alpha value is -1.89. The van der Waals surface area contributed by atoms with Gasteiger partial charge in [0.25, 0.3) is 0 Å². The first-order valence-corrected chi connectivity index (χ1v) is 8.50. The van der Waals surface area contributed by atoms with Gasteiger partial charge in [-0.25, -0.2) is 0 Å². The zero-order valence-corrected chi connectivity index (χ0v) is 15.3. The fraction of sp³-hybridized carbons (Fsp3) is 0.526. The summed E-state index contributed by atoms with van der Waals surface area (Å²) >= 11 is 0. The molecule has 2 rings (SSSR count). The molecular formula is C19H28N2O4. The Morgan fingerprint density at radius 3 is 2.52 bits per heavy atom. The number of likely N-dealkylation sites (N-methyl/N-ethyl adjacent to an activating group) is 1. The number of furan rings is 1. The summed E-state index contributed by atoms with van der Waals surface area (Å²) in [6.45, 7) is 5.59. The van der Waals surface area contributed by atoms with Crippen LogP contribution in [0.2, 0.25) is 0 Å². The molecule has 3 N–H and O–H groups in total. The molecule has 0 saturated heterocycles. The molecule has 6 heteroatoms. The summed E-state index contributed by atoms with van der Waals surface area (Å²) in [6.07, 6.45) is 0. The van der Waals surface area contributed by atoms with E-state index in [0.717, 1.165) is 11.0 Å².